The first-order valence-electron chi connectivity index (χ1n) is 2.49. The summed E-state index contributed by atoms with van der Waals surface area (Å²) in [5.74, 6) is 0. The van der Waals surface area contributed by atoms with Crippen molar-refractivity contribution in [1.82, 2.24) is 0 Å². The van der Waals surface area contributed by atoms with Crippen LogP contribution in [0.15, 0.2) is 21.9 Å². The van der Waals surface area contributed by atoms with Gasteiger partial charge in [0.15, 0.2) is 5.22 Å². The van der Waals surface area contributed by atoms with Crippen LogP contribution in [0, 0.1) is 0 Å². The summed E-state index contributed by atoms with van der Waals surface area (Å²) < 4.78 is 6.19. The van der Waals surface area contributed by atoms with Gasteiger partial charge in [0, 0.05) is 6.07 Å². The van der Waals surface area contributed by atoms with Crippen molar-refractivity contribution >= 4 is 33.2 Å². The summed E-state index contributed by atoms with van der Waals surface area (Å²) >= 11 is 7.19. The molecule has 2 heterocycles. The summed E-state index contributed by atoms with van der Waals surface area (Å²) in [4.78, 5) is 0. The van der Waals surface area contributed by atoms with E-state index in [1.54, 1.807) is 11.3 Å². The normalized spacial score (nSPS) is 10.8. The number of furan rings is 1. The Kier molecular flexibility index (Phi) is 1.04. The van der Waals surface area contributed by atoms with Gasteiger partial charge in [0.25, 0.3) is 0 Å². The zero-order valence-corrected chi connectivity index (χ0v) is 6.00. The molecule has 0 unspecified atom stereocenters. The van der Waals surface area contributed by atoms with Crippen LogP contribution in [0.3, 0.4) is 0 Å². The van der Waals surface area contributed by atoms with Crippen LogP contribution in [0.5, 0.6) is 0 Å². The third-order valence-corrected chi connectivity index (χ3v) is 2.14. The van der Waals surface area contributed by atoms with Gasteiger partial charge in [0.1, 0.15) is 5.58 Å². The van der Waals surface area contributed by atoms with E-state index in [9.17, 15) is 0 Å². The van der Waals surface area contributed by atoms with Crippen LogP contribution in [-0.2, 0) is 0 Å². The highest BCUT2D eigenvalue weighted by Gasteiger charge is 1.99. The summed E-state index contributed by atoms with van der Waals surface area (Å²) in [5.41, 5.74) is 0.880. The van der Waals surface area contributed by atoms with Crippen molar-refractivity contribution in [3.8, 4) is 0 Å². The molecule has 2 aromatic heterocycles. The number of rotatable bonds is 0. The molecule has 0 atom stereocenters. The maximum atomic E-state index is 5.56. The first-order chi connectivity index (χ1) is 4.36. The minimum atomic E-state index is 0.469. The van der Waals surface area contributed by atoms with Crippen molar-refractivity contribution in [2.75, 3.05) is 0 Å². The predicted molar refractivity (Wildman–Crippen MR) is 39.1 cm³/mol. The summed E-state index contributed by atoms with van der Waals surface area (Å²) in [6.07, 6.45) is 0. The molecule has 9 heavy (non-hydrogen) atoms. The first-order valence-corrected chi connectivity index (χ1v) is 3.74. The second-order valence-corrected chi connectivity index (χ2v) is 3.02. The van der Waals surface area contributed by atoms with E-state index in [-0.39, 0.29) is 0 Å². The zero-order chi connectivity index (χ0) is 6.27. The monoisotopic (exact) mass is 158 g/mol. The number of thiophene rings is 1. The Balaban J connectivity index is 2.92. The molecule has 0 fully saturated rings. The molecular weight excluding hydrogens is 156 g/mol. The van der Waals surface area contributed by atoms with Crippen molar-refractivity contribution < 1.29 is 4.42 Å². The quantitative estimate of drug-likeness (QED) is 0.574. The van der Waals surface area contributed by atoms with E-state index in [4.69, 9.17) is 16.0 Å². The van der Waals surface area contributed by atoms with E-state index in [0.29, 0.717) is 5.22 Å². The second-order valence-electron chi connectivity index (χ2n) is 1.70. The van der Waals surface area contributed by atoms with Crippen molar-refractivity contribution in [3.63, 3.8) is 0 Å². The van der Waals surface area contributed by atoms with Crippen LogP contribution in [0.2, 0.25) is 5.22 Å². The average Bonchev–Trinajstić information content (AvgIpc) is 2.22. The Morgan fingerprint density at radius 2 is 2.44 bits per heavy atom. The molecule has 0 aliphatic rings. The fourth-order valence-electron chi connectivity index (χ4n) is 0.736. The number of fused-ring (bicyclic) bond motifs is 1. The summed E-state index contributed by atoms with van der Waals surface area (Å²) in [5, 5.41) is 2.45. The molecule has 0 aliphatic heterocycles. The Morgan fingerprint density at radius 3 is 3.22 bits per heavy atom. The molecular formula is C6H3ClOS. The SMILES string of the molecule is Clc1cc2sccc2o1. The standard InChI is InChI=1S/C6H3ClOS/c7-6-3-5-4(8-6)1-2-9-5/h1-3H. The summed E-state index contributed by atoms with van der Waals surface area (Å²) in [6.45, 7) is 0. The molecule has 0 radical (unpaired) electrons. The van der Waals surface area contributed by atoms with Crippen LogP contribution < -0.4 is 0 Å². The Hall–Kier alpha value is -0.470. The van der Waals surface area contributed by atoms with E-state index >= 15 is 0 Å². The van der Waals surface area contributed by atoms with Gasteiger partial charge < -0.3 is 4.42 Å². The lowest BCUT2D eigenvalue weighted by Crippen LogP contribution is -1.40. The minimum Gasteiger partial charge on any atom is -0.444 e. The van der Waals surface area contributed by atoms with Gasteiger partial charge in [0.2, 0.25) is 0 Å². The van der Waals surface area contributed by atoms with Gasteiger partial charge >= 0.3 is 0 Å². The highest BCUT2D eigenvalue weighted by Crippen LogP contribution is 2.26. The van der Waals surface area contributed by atoms with Gasteiger partial charge in [-0.1, -0.05) is 0 Å². The first kappa shape index (κ1) is 5.33. The Morgan fingerprint density at radius 1 is 1.56 bits per heavy atom. The van der Waals surface area contributed by atoms with Crippen LogP contribution in [0.25, 0.3) is 10.3 Å². The molecule has 1 nitrogen and oxygen atoms in total. The highest BCUT2D eigenvalue weighted by atomic mass is 35.5. The van der Waals surface area contributed by atoms with E-state index in [2.05, 4.69) is 0 Å². The smallest absolute Gasteiger partial charge is 0.195 e. The second kappa shape index (κ2) is 1.75. The molecule has 0 aromatic carbocycles. The molecule has 46 valence electrons. The maximum Gasteiger partial charge on any atom is 0.195 e. The highest BCUT2D eigenvalue weighted by molar-refractivity contribution is 7.17. The fourth-order valence-corrected chi connectivity index (χ4v) is 1.73. The molecule has 0 bridgehead atoms. The average molecular weight is 159 g/mol. The number of hydrogen-bond donors (Lipinski definition) is 0. The van der Waals surface area contributed by atoms with Crippen molar-refractivity contribution in [2.45, 2.75) is 0 Å². The number of halogens is 1. The lowest BCUT2D eigenvalue weighted by atomic mass is 10.5. The fraction of sp³-hybridized carbons (Fsp3) is 0. The van der Waals surface area contributed by atoms with Crippen molar-refractivity contribution in [1.29, 1.82) is 0 Å². The van der Waals surface area contributed by atoms with Gasteiger partial charge in [-0.2, -0.15) is 0 Å². The van der Waals surface area contributed by atoms with E-state index in [0.717, 1.165) is 10.3 Å². The summed E-state index contributed by atoms with van der Waals surface area (Å²) in [6, 6.07) is 3.73. The van der Waals surface area contributed by atoms with Crippen LogP contribution in [-0.4, -0.2) is 0 Å². The van der Waals surface area contributed by atoms with Crippen molar-refractivity contribution in [3.05, 3.63) is 22.7 Å². The van der Waals surface area contributed by atoms with E-state index < -0.39 is 0 Å². The minimum absolute atomic E-state index is 0.469. The molecule has 3 heteroatoms. The largest absolute Gasteiger partial charge is 0.444 e. The molecule has 0 aliphatic carbocycles. The molecule has 2 rings (SSSR count). The van der Waals surface area contributed by atoms with Crippen LogP contribution in [0.4, 0.5) is 0 Å². The van der Waals surface area contributed by atoms with Gasteiger partial charge in [-0.05, 0) is 23.0 Å². The van der Waals surface area contributed by atoms with Gasteiger partial charge in [-0.15, -0.1) is 11.3 Å². The van der Waals surface area contributed by atoms with Gasteiger partial charge in [-0.3, -0.25) is 0 Å². The lowest BCUT2D eigenvalue weighted by molar-refractivity contribution is 0.618. The topological polar surface area (TPSA) is 13.1 Å². The lowest BCUT2D eigenvalue weighted by Gasteiger charge is -1.70. The molecule has 2 aromatic rings. The zero-order valence-electron chi connectivity index (χ0n) is 4.43. The maximum absolute atomic E-state index is 5.56. The molecule has 0 saturated carbocycles. The molecule has 0 N–H and O–H groups in total. The Bertz CT molecular complexity index is 294. The predicted octanol–water partition coefficient (Wildman–Crippen LogP) is 3.15. The molecule has 0 spiro atoms. The summed E-state index contributed by atoms with van der Waals surface area (Å²) in [7, 11) is 0. The van der Waals surface area contributed by atoms with Crippen LogP contribution in [0.1, 0.15) is 0 Å². The van der Waals surface area contributed by atoms with E-state index in [1.165, 1.54) is 0 Å². The van der Waals surface area contributed by atoms with Gasteiger partial charge in [-0.25, -0.2) is 0 Å². The molecule has 0 amide bonds. The van der Waals surface area contributed by atoms with Gasteiger partial charge in [0.05, 0.1) is 4.70 Å². The Labute approximate surface area is 60.9 Å². The third-order valence-electron chi connectivity index (χ3n) is 1.11. The van der Waals surface area contributed by atoms with Crippen molar-refractivity contribution in [2.24, 2.45) is 0 Å². The molecule has 0 saturated heterocycles. The van der Waals surface area contributed by atoms with E-state index in [1.807, 2.05) is 17.5 Å². The van der Waals surface area contributed by atoms with Crippen LogP contribution >= 0.6 is 22.9 Å². The third kappa shape index (κ3) is 0.749. The number of hydrogen-bond acceptors (Lipinski definition) is 2.